The van der Waals surface area contributed by atoms with Crippen molar-refractivity contribution in [3.8, 4) is 11.5 Å². The molecule has 0 unspecified atom stereocenters. The first kappa shape index (κ1) is 51.9. The van der Waals surface area contributed by atoms with Crippen LogP contribution < -0.4 is 9.47 Å². The van der Waals surface area contributed by atoms with E-state index < -0.39 is 0 Å². The van der Waals surface area contributed by atoms with Crippen molar-refractivity contribution in [2.24, 2.45) is 0 Å². The number of unbranched alkanes of at least 4 members (excludes halogenated alkanes) is 30. The Kier molecular flexibility index (Phi) is 34.9. The Balaban J connectivity index is 1.69. The van der Waals surface area contributed by atoms with Gasteiger partial charge in [-0.25, -0.2) is 0 Å². The van der Waals surface area contributed by atoms with Gasteiger partial charge in [0, 0.05) is 10.5 Å². The number of hydrogen-bond acceptors (Lipinski definition) is 4. The maximum absolute atomic E-state index is 13.0. The molecule has 0 heterocycles. The van der Waals surface area contributed by atoms with Crippen molar-refractivity contribution in [2.45, 2.75) is 238 Å². The van der Waals surface area contributed by atoms with Crippen molar-refractivity contribution in [3.05, 3.63) is 59.7 Å². The molecule has 0 atom stereocenters. The lowest BCUT2D eigenvalue weighted by Crippen LogP contribution is -2.03. The van der Waals surface area contributed by atoms with Crippen molar-refractivity contribution in [2.75, 3.05) is 19.0 Å². The molecule has 0 radical (unpaired) electrons. The number of thioether (sulfide) groups is 1. The number of ether oxygens (including phenoxy) is 2. The first-order valence-electron chi connectivity index (χ1n) is 25.0. The van der Waals surface area contributed by atoms with E-state index in [1.54, 1.807) is 6.08 Å². The molecule has 0 saturated carbocycles. The molecule has 0 bridgehead atoms. The SMILES string of the molecule is CCCCCCCCCCCCCCCCCCOc1ccc(/C=C/C(=O)c2ccc(SCCC)cc2)cc1OCCCCCCCCCCCCCCCCCC. The molecular weight excluding hydrogens is 729 g/mol. The van der Waals surface area contributed by atoms with Gasteiger partial charge in [0.05, 0.1) is 13.2 Å². The Morgan fingerprint density at radius 1 is 0.448 bits per heavy atom. The van der Waals surface area contributed by atoms with E-state index in [4.69, 9.17) is 9.47 Å². The topological polar surface area (TPSA) is 35.5 Å². The average Bonchev–Trinajstić information content (AvgIpc) is 3.24. The molecule has 2 aromatic carbocycles. The third kappa shape index (κ3) is 29.1. The molecule has 330 valence electrons. The molecular formula is C54H90O3S. The van der Waals surface area contributed by atoms with Gasteiger partial charge in [0.2, 0.25) is 0 Å². The summed E-state index contributed by atoms with van der Waals surface area (Å²) in [4.78, 5) is 14.2. The number of ketones is 1. The second kappa shape index (κ2) is 39.0. The molecule has 58 heavy (non-hydrogen) atoms. The summed E-state index contributed by atoms with van der Waals surface area (Å²) >= 11 is 1.83. The minimum absolute atomic E-state index is 0.0199. The second-order valence-corrected chi connectivity index (χ2v) is 18.2. The van der Waals surface area contributed by atoms with Crippen LogP contribution in [0, 0.1) is 0 Å². The molecule has 0 aliphatic rings. The van der Waals surface area contributed by atoms with Crippen molar-refractivity contribution in [3.63, 3.8) is 0 Å². The Morgan fingerprint density at radius 3 is 1.22 bits per heavy atom. The van der Waals surface area contributed by atoms with Gasteiger partial charge in [0.1, 0.15) is 0 Å². The molecule has 2 rings (SSSR count). The zero-order valence-corrected chi connectivity index (χ0v) is 39.1. The molecule has 0 aliphatic carbocycles. The first-order chi connectivity index (χ1) is 28.7. The van der Waals surface area contributed by atoms with E-state index in [1.807, 2.05) is 48.2 Å². The molecule has 0 saturated heterocycles. The van der Waals surface area contributed by atoms with Crippen LogP contribution in [-0.4, -0.2) is 24.7 Å². The minimum Gasteiger partial charge on any atom is -0.490 e. The Bertz CT molecular complexity index is 1240. The molecule has 0 spiro atoms. The van der Waals surface area contributed by atoms with Gasteiger partial charge in [-0.1, -0.05) is 226 Å². The molecule has 2 aromatic rings. The lowest BCUT2D eigenvalue weighted by atomic mass is 10.0. The summed E-state index contributed by atoms with van der Waals surface area (Å²) in [6.45, 7) is 8.19. The molecule has 4 heteroatoms. The van der Waals surface area contributed by atoms with Crippen molar-refractivity contribution in [1.29, 1.82) is 0 Å². The molecule has 3 nitrogen and oxygen atoms in total. The van der Waals surface area contributed by atoms with Crippen molar-refractivity contribution >= 4 is 23.6 Å². The van der Waals surface area contributed by atoms with Gasteiger partial charge in [-0.15, -0.1) is 11.8 Å². The molecule has 0 aliphatic heterocycles. The zero-order chi connectivity index (χ0) is 41.4. The molecule has 0 N–H and O–H groups in total. The van der Waals surface area contributed by atoms with Gasteiger partial charge in [-0.05, 0) is 73.1 Å². The largest absolute Gasteiger partial charge is 0.490 e. The van der Waals surface area contributed by atoms with Crippen LogP contribution in [-0.2, 0) is 0 Å². The summed E-state index contributed by atoms with van der Waals surface area (Å²) in [6.07, 6.45) is 48.4. The highest BCUT2D eigenvalue weighted by Crippen LogP contribution is 2.30. The van der Waals surface area contributed by atoms with Gasteiger partial charge < -0.3 is 9.47 Å². The smallest absolute Gasteiger partial charge is 0.185 e. The van der Waals surface area contributed by atoms with Crippen LogP contribution in [0.3, 0.4) is 0 Å². The van der Waals surface area contributed by atoms with Crippen molar-refractivity contribution in [1.82, 2.24) is 0 Å². The first-order valence-corrected chi connectivity index (χ1v) is 26.0. The summed E-state index contributed by atoms with van der Waals surface area (Å²) < 4.78 is 12.7. The average molecular weight is 819 g/mol. The molecule has 0 aromatic heterocycles. The number of rotatable bonds is 42. The predicted molar refractivity (Wildman–Crippen MR) is 257 cm³/mol. The summed E-state index contributed by atoms with van der Waals surface area (Å²) in [5, 5.41) is 0. The zero-order valence-electron chi connectivity index (χ0n) is 38.3. The van der Waals surface area contributed by atoms with Gasteiger partial charge in [-0.2, -0.15) is 0 Å². The van der Waals surface area contributed by atoms with Gasteiger partial charge in [-0.3, -0.25) is 4.79 Å². The number of benzene rings is 2. The fourth-order valence-electron chi connectivity index (χ4n) is 7.73. The highest BCUT2D eigenvalue weighted by molar-refractivity contribution is 7.99. The van der Waals surface area contributed by atoms with Gasteiger partial charge in [0.25, 0.3) is 0 Å². The second-order valence-electron chi connectivity index (χ2n) is 17.1. The summed E-state index contributed by atoms with van der Waals surface area (Å²) in [6, 6.07) is 14.1. The Labute approximate surface area is 364 Å². The quantitative estimate of drug-likeness (QED) is 0.0289. The van der Waals surface area contributed by atoms with E-state index in [2.05, 4.69) is 32.9 Å². The summed E-state index contributed by atoms with van der Waals surface area (Å²) in [7, 11) is 0. The maximum Gasteiger partial charge on any atom is 0.185 e. The number of hydrogen-bond donors (Lipinski definition) is 0. The lowest BCUT2D eigenvalue weighted by molar-refractivity contribution is 0.104. The lowest BCUT2D eigenvalue weighted by Gasteiger charge is -2.14. The standard InChI is InChI=1S/C54H90O3S/c1-4-7-9-11-13-15-17-19-21-23-25-27-29-31-33-35-45-56-53-44-38-49(37-43-52(55)50-39-41-51(42-40-50)58-47-6-3)48-54(53)57-46-36-34-32-30-28-26-24-22-20-18-16-14-12-10-8-5-2/h37-44,48H,4-36,45-47H2,1-3H3/b43-37+. The normalized spacial score (nSPS) is 11.5. The fourth-order valence-corrected chi connectivity index (χ4v) is 8.50. The molecule has 0 fully saturated rings. The number of carbonyl (C=O) groups is 1. The Hall–Kier alpha value is -2.20. The third-order valence-corrected chi connectivity index (χ3v) is 12.7. The van der Waals surface area contributed by atoms with Crippen LogP contribution in [0.1, 0.15) is 249 Å². The van der Waals surface area contributed by atoms with Crippen LogP contribution in [0.5, 0.6) is 11.5 Å². The van der Waals surface area contributed by atoms with Gasteiger partial charge >= 0.3 is 0 Å². The minimum atomic E-state index is 0.0199. The van der Waals surface area contributed by atoms with E-state index in [0.29, 0.717) is 13.2 Å². The third-order valence-electron chi connectivity index (χ3n) is 11.5. The number of carbonyl (C=O) groups excluding carboxylic acids is 1. The van der Waals surface area contributed by atoms with E-state index in [-0.39, 0.29) is 5.78 Å². The van der Waals surface area contributed by atoms with E-state index in [0.717, 1.165) is 47.6 Å². The Morgan fingerprint density at radius 2 is 0.828 bits per heavy atom. The predicted octanol–water partition coefficient (Wildman–Crippen LogP) is 18.4. The summed E-state index contributed by atoms with van der Waals surface area (Å²) in [5.41, 5.74) is 1.68. The number of allylic oxidation sites excluding steroid dienone is 1. The monoisotopic (exact) mass is 819 g/mol. The highest BCUT2D eigenvalue weighted by atomic mass is 32.2. The fraction of sp³-hybridized carbons (Fsp3) is 0.722. The molecule has 0 amide bonds. The maximum atomic E-state index is 13.0. The van der Waals surface area contributed by atoms with E-state index in [1.165, 1.54) is 198 Å². The van der Waals surface area contributed by atoms with Crippen LogP contribution in [0.2, 0.25) is 0 Å². The van der Waals surface area contributed by atoms with Crippen LogP contribution in [0.25, 0.3) is 6.08 Å². The van der Waals surface area contributed by atoms with E-state index >= 15 is 0 Å². The highest BCUT2D eigenvalue weighted by Gasteiger charge is 2.08. The van der Waals surface area contributed by atoms with Crippen LogP contribution in [0.4, 0.5) is 0 Å². The van der Waals surface area contributed by atoms with Gasteiger partial charge in [0.15, 0.2) is 17.3 Å². The van der Waals surface area contributed by atoms with E-state index in [9.17, 15) is 4.79 Å². The van der Waals surface area contributed by atoms with Crippen molar-refractivity contribution < 1.29 is 14.3 Å². The van der Waals surface area contributed by atoms with Crippen LogP contribution in [0.15, 0.2) is 53.4 Å². The summed E-state index contributed by atoms with van der Waals surface area (Å²) in [5.74, 6) is 2.73. The van der Waals surface area contributed by atoms with Crippen LogP contribution >= 0.6 is 11.8 Å².